The second-order valence-corrected chi connectivity index (χ2v) is 9.02. The molecule has 1 amide bonds. The lowest BCUT2D eigenvalue weighted by Crippen LogP contribution is -2.24. The molecule has 1 aliphatic heterocycles. The molecule has 0 N–H and O–H groups in total. The number of aromatic nitrogens is 1. The van der Waals surface area contributed by atoms with E-state index in [1.807, 2.05) is 19.9 Å². The Labute approximate surface area is 204 Å². The van der Waals surface area contributed by atoms with Crippen molar-refractivity contribution in [3.63, 3.8) is 0 Å². The molecule has 0 saturated heterocycles. The van der Waals surface area contributed by atoms with Crippen molar-refractivity contribution in [1.82, 2.24) is 4.57 Å². The number of anilines is 1. The summed E-state index contributed by atoms with van der Waals surface area (Å²) in [6, 6.07) is 15.3. The predicted molar refractivity (Wildman–Crippen MR) is 136 cm³/mol. The first-order chi connectivity index (χ1) is 16.1. The molecule has 2 aromatic carbocycles. The van der Waals surface area contributed by atoms with Gasteiger partial charge in [-0.2, -0.15) is 0 Å². The van der Waals surface area contributed by atoms with E-state index in [0.717, 1.165) is 28.2 Å². The maximum atomic E-state index is 13.6. The van der Waals surface area contributed by atoms with Gasteiger partial charge in [-0.15, -0.1) is 0 Å². The van der Waals surface area contributed by atoms with Crippen molar-refractivity contribution < 1.29 is 14.3 Å². The van der Waals surface area contributed by atoms with Crippen LogP contribution >= 0.6 is 11.6 Å². The second-order valence-electron chi connectivity index (χ2n) is 8.58. The van der Waals surface area contributed by atoms with Crippen LogP contribution in [0.2, 0.25) is 5.02 Å². The SMILES string of the molecule is COC(=O)C1=C(C)N(c2ccc(Cl)cc2)C(=O)/C1=C\c1cc(C)n(-c2cc(C)ccc2C)c1C. The average molecular weight is 475 g/mol. The fraction of sp³-hybridized carbons (Fsp3) is 0.214. The Kier molecular flexibility index (Phi) is 6.24. The van der Waals surface area contributed by atoms with Gasteiger partial charge in [-0.3, -0.25) is 9.69 Å². The number of rotatable bonds is 4. The lowest BCUT2D eigenvalue weighted by atomic mass is 10.0. The molecule has 5 nitrogen and oxygen atoms in total. The van der Waals surface area contributed by atoms with E-state index in [9.17, 15) is 9.59 Å². The number of benzene rings is 2. The van der Waals surface area contributed by atoms with Crippen LogP contribution in [0.5, 0.6) is 0 Å². The van der Waals surface area contributed by atoms with Gasteiger partial charge in [0.25, 0.3) is 5.91 Å². The zero-order valence-electron chi connectivity index (χ0n) is 20.2. The number of allylic oxidation sites excluding steroid dienone is 1. The number of hydrogen-bond donors (Lipinski definition) is 0. The molecule has 0 radical (unpaired) electrons. The molecule has 0 aliphatic carbocycles. The van der Waals surface area contributed by atoms with E-state index >= 15 is 0 Å². The molecular formula is C28H27ClN2O3. The minimum atomic E-state index is -0.545. The summed E-state index contributed by atoms with van der Waals surface area (Å²) in [7, 11) is 1.32. The summed E-state index contributed by atoms with van der Waals surface area (Å²) in [5, 5.41) is 0.569. The van der Waals surface area contributed by atoms with Gasteiger partial charge in [0.15, 0.2) is 0 Å². The average Bonchev–Trinajstić information content (AvgIpc) is 3.22. The van der Waals surface area contributed by atoms with Gasteiger partial charge in [0.2, 0.25) is 0 Å². The third-order valence-electron chi connectivity index (χ3n) is 6.25. The molecule has 1 aromatic heterocycles. The van der Waals surface area contributed by atoms with Crippen molar-refractivity contribution in [2.24, 2.45) is 0 Å². The third kappa shape index (κ3) is 3.97. The van der Waals surface area contributed by atoms with Crippen molar-refractivity contribution in [3.05, 3.63) is 98.5 Å². The highest BCUT2D eigenvalue weighted by molar-refractivity contribution is 6.30. The maximum absolute atomic E-state index is 13.6. The number of carbonyl (C=O) groups is 2. The Morgan fingerprint density at radius 2 is 1.65 bits per heavy atom. The monoisotopic (exact) mass is 474 g/mol. The lowest BCUT2D eigenvalue weighted by molar-refractivity contribution is -0.136. The maximum Gasteiger partial charge on any atom is 0.340 e. The number of carbonyl (C=O) groups excluding carboxylic acids is 2. The summed E-state index contributed by atoms with van der Waals surface area (Å²) in [5.41, 5.74) is 8.05. The molecule has 0 spiro atoms. The van der Waals surface area contributed by atoms with Crippen LogP contribution in [0.1, 0.15) is 35.0 Å². The van der Waals surface area contributed by atoms with Gasteiger partial charge in [0, 0.05) is 33.5 Å². The fourth-order valence-corrected chi connectivity index (χ4v) is 4.63. The first kappa shape index (κ1) is 23.6. The second kappa shape index (κ2) is 8.99. The van der Waals surface area contributed by atoms with E-state index in [0.29, 0.717) is 22.0 Å². The number of methoxy groups -OCH3 is 1. The Hall–Kier alpha value is -3.57. The molecule has 34 heavy (non-hydrogen) atoms. The van der Waals surface area contributed by atoms with Crippen LogP contribution in [0.3, 0.4) is 0 Å². The minimum absolute atomic E-state index is 0.263. The number of nitrogens with zero attached hydrogens (tertiary/aromatic N) is 2. The Bertz CT molecular complexity index is 1380. The van der Waals surface area contributed by atoms with E-state index < -0.39 is 5.97 Å². The zero-order valence-corrected chi connectivity index (χ0v) is 20.9. The van der Waals surface area contributed by atoms with Crippen LogP contribution < -0.4 is 4.90 Å². The van der Waals surface area contributed by atoms with E-state index in [1.165, 1.54) is 17.6 Å². The minimum Gasteiger partial charge on any atom is -0.465 e. The summed E-state index contributed by atoms with van der Waals surface area (Å²) < 4.78 is 7.22. The number of halogens is 1. The number of aryl methyl sites for hydroxylation is 3. The largest absolute Gasteiger partial charge is 0.465 e. The summed E-state index contributed by atoms with van der Waals surface area (Å²) in [6.45, 7) is 9.96. The number of esters is 1. The summed E-state index contributed by atoms with van der Waals surface area (Å²) >= 11 is 6.03. The van der Waals surface area contributed by atoms with Gasteiger partial charge in [-0.1, -0.05) is 23.7 Å². The van der Waals surface area contributed by atoms with E-state index in [4.69, 9.17) is 16.3 Å². The Balaban J connectivity index is 1.86. The molecule has 2 heterocycles. The number of amides is 1. The molecule has 174 valence electrons. The quantitative estimate of drug-likeness (QED) is 0.332. The summed E-state index contributed by atoms with van der Waals surface area (Å²) in [6.07, 6.45) is 1.79. The third-order valence-corrected chi connectivity index (χ3v) is 6.50. The molecule has 1 aliphatic rings. The highest BCUT2D eigenvalue weighted by atomic mass is 35.5. The van der Waals surface area contributed by atoms with Gasteiger partial charge in [-0.25, -0.2) is 4.79 Å². The lowest BCUT2D eigenvalue weighted by Gasteiger charge is -2.18. The van der Waals surface area contributed by atoms with Crippen LogP contribution in [0, 0.1) is 27.7 Å². The Morgan fingerprint density at radius 1 is 0.971 bits per heavy atom. The van der Waals surface area contributed by atoms with E-state index in [-0.39, 0.29) is 11.5 Å². The summed E-state index contributed by atoms with van der Waals surface area (Å²) in [4.78, 5) is 27.8. The Morgan fingerprint density at radius 3 is 2.29 bits per heavy atom. The standard InChI is InChI=1S/C28H27ClN2O3/c1-16-7-8-17(2)25(13-16)30-18(3)14-21(19(30)4)15-24-26(28(33)34-6)20(5)31(27(24)32)23-11-9-22(29)10-12-23/h7-15H,1-6H3/b24-15-. The zero-order chi connectivity index (χ0) is 24.7. The number of hydrogen-bond acceptors (Lipinski definition) is 3. The van der Waals surface area contributed by atoms with Gasteiger partial charge >= 0.3 is 5.97 Å². The van der Waals surface area contributed by atoms with Crippen molar-refractivity contribution >= 4 is 35.2 Å². The van der Waals surface area contributed by atoms with Gasteiger partial charge < -0.3 is 9.30 Å². The fourth-order valence-electron chi connectivity index (χ4n) is 4.50. The van der Waals surface area contributed by atoms with Crippen LogP contribution in [0.4, 0.5) is 5.69 Å². The van der Waals surface area contributed by atoms with Crippen molar-refractivity contribution in [2.45, 2.75) is 34.6 Å². The smallest absolute Gasteiger partial charge is 0.340 e. The molecular weight excluding hydrogens is 448 g/mol. The van der Waals surface area contributed by atoms with Crippen molar-refractivity contribution in [3.8, 4) is 5.69 Å². The molecule has 4 rings (SSSR count). The topological polar surface area (TPSA) is 51.5 Å². The van der Waals surface area contributed by atoms with Gasteiger partial charge in [0.1, 0.15) is 0 Å². The van der Waals surface area contributed by atoms with E-state index in [2.05, 4.69) is 36.6 Å². The molecule has 0 fully saturated rings. The van der Waals surface area contributed by atoms with Crippen LogP contribution in [-0.2, 0) is 14.3 Å². The molecule has 0 saturated carbocycles. The highest BCUT2D eigenvalue weighted by Gasteiger charge is 2.38. The first-order valence-electron chi connectivity index (χ1n) is 11.0. The molecule has 3 aromatic rings. The molecule has 0 unspecified atom stereocenters. The predicted octanol–water partition coefficient (Wildman–Crippen LogP) is 6.24. The van der Waals surface area contributed by atoms with Crippen LogP contribution in [0.25, 0.3) is 11.8 Å². The van der Waals surface area contributed by atoms with Crippen molar-refractivity contribution in [2.75, 3.05) is 12.0 Å². The van der Waals surface area contributed by atoms with Crippen molar-refractivity contribution in [1.29, 1.82) is 0 Å². The van der Waals surface area contributed by atoms with Crippen LogP contribution in [-0.4, -0.2) is 23.6 Å². The molecule has 6 heteroatoms. The summed E-state index contributed by atoms with van der Waals surface area (Å²) in [5.74, 6) is -0.825. The van der Waals surface area contributed by atoms with Gasteiger partial charge in [0.05, 0.1) is 18.3 Å². The number of ether oxygens (including phenoxy) is 1. The first-order valence-corrected chi connectivity index (χ1v) is 11.4. The van der Waals surface area contributed by atoms with Crippen LogP contribution in [0.15, 0.2) is 65.4 Å². The normalized spacial score (nSPS) is 15.0. The van der Waals surface area contributed by atoms with E-state index in [1.54, 1.807) is 37.3 Å². The molecule has 0 bridgehead atoms. The highest BCUT2D eigenvalue weighted by Crippen LogP contribution is 2.37. The molecule has 0 atom stereocenters. The van der Waals surface area contributed by atoms with Gasteiger partial charge in [-0.05, 0) is 93.8 Å².